The normalized spacial score (nSPS) is 26.5. The Balaban J connectivity index is 1.81. The van der Waals surface area contributed by atoms with E-state index in [-0.39, 0.29) is 12.1 Å². The molecule has 0 amide bonds. The van der Waals surface area contributed by atoms with E-state index in [1.54, 1.807) is 0 Å². The monoisotopic (exact) mass is 241 g/mol. The summed E-state index contributed by atoms with van der Waals surface area (Å²) in [6, 6.07) is 0. The van der Waals surface area contributed by atoms with Crippen molar-refractivity contribution < 1.29 is 9.84 Å². The van der Waals surface area contributed by atoms with Crippen molar-refractivity contribution in [2.45, 2.75) is 63.0 Å². The SMILES string of the molecule is CNC(CO)(COC1CCCCCC1)C1CC1. The van der Waals surface area contributed by atoms with Gasteiger partial charge in [0.05, 0.1) is 24.9 Å². The highest BCUT2D eigenvalue weighted by Crippen LogP contribution is 2.40. The largest absolute Gasteiger partial charge is 0.394 e. The van der Waals surface area contributed by atoms with Gasteiger partial charge in [-0.2, -0.15) is 0 Å². The van der Waals surface area contributed by atoms with Crippen molar-refractivity contribution >= 4 is 0 Å². The number of ether oxygens (including phenoxy) is 1. The highest BCUT2D eigenvalue weighted by Gasteiger charge is 2.44. The maximum Gasteiger partial charge on any atom is 0.0677 e. The predicted molar refractivity (Wildman–Crippen MR) is 69.0 cm³/mol. The van der Waals surface area contributed by atoms with Crippen LogP contribution in [0.25, 0.3) is 0 Å². The maximum atomic E-state index is 9.63. The molecular formula is C14H27NO2. The summed E-state index contributed by atoms with van der Waals surface area (Å²) in [6.45, 7) is 0.871. The quantitative estimate of drug-likeness (QED) is 0.700. The summed E-state index contributed by atoms with van der Waals surface area (Å²) in [6.07, 6.45) is 10.6. The topological polar surface area (TPSA) is 41.5 Å². The van der Waals surface area contributed by atoms with Gasteiger partial charge in [0.1, 0.15) is 0 Å². The third-order valence-corrected chi connectivity index (χ3v) is 4.52. The summed E-state index contributed by atoms with van der Waals surface area (Å²) in [5.74, 6) is 0.614. The van der Waals surface area contributed by atoms with Gasteiger partial charge in [-0.15, -0.1) is 0 Å². The minimum atomic E-state index is -0.174. The van der Waals surface area contributed by atoms with Gasteiger partial charge in [-0.25, -0.2) is 0 Å². The maximum absolute atomic E-state index is 9.63. The number of rotatable bonds is 6. The van der Waals surface area contributed by atoms with Crippen molar-refractivity contribution in [1.29, 1.82) is 0 Å². The highest BCUT2D eigenvalue weighted by molar-refractivity contribution is 5.00. The molecule has 0 heterocycles. The van der Waals surface area contributed by atoms with Crippen LogP contribution in [0, 0.1) is 5.92 Å². The summed E-state index contributed by atoms with van der Waals surface area (Å²) in [7, 11) is 1.95. The van der Waals surface area contributed by atoms with Crippen LogP contribution in [0.15, 0.2) is 0 Å². The molecule has 0 aromatic rings. The second-order valence-electron chi connectivity index (χ2n) is 5.76. The number of nitrogens with one attached hydrogen (secondary N) is 1. The molecule has 2 N–H and O–H groups in total. The number of hydrogen-bond donors (Lipinski definition) is 2. The van der Waals surface area contributed by atoms with Crippen LogP contribution in [0.2, 0.25) is 0 Å². The van der Waals surface area contributed by atoms with E-state index in [0.717, 1.165) is 0 Å². The Kier molecular flexibility index (Phi) is 4.83. The zero-order chi connectivity index (χ0) is 12.1. The van der Waals surface area contributed by atoms with Crippen LogP contribution in [0.3, 0.4) is 0 Å². The molecule has 0 bridgehead atoms. The Morgan fingerprint density at radius 1 is 1.12 bits per heavy atom. The van der Waals surface area contributed by atoms with Gasteiger partial charge in [0.2, 0.25) is 0 Å². The lowest BCUT2D eigenvalue weighted by molar-refractivity contribution is -0.0209. The van der Waals surface area contributed by atoms with Gasteiger partial charge in [0.15, 0.2) is 0 Å². The molecule has 0 saturated heterocycles. The standard InChI is InChI=1S/C14H27NO2/c1-15-14(10-16,12-8-9-12)11-17-13-6-4-2-3-5-7-13/h12-13,15-16H,2-11H2,1H3. The van der Waals surface area contributed by atoms with Gasteiger partial charge >= 0.3 is 0 Å². The molecule has 0 radical (unpaired) electrons. The smallest absolute Gasteiger partial charge is 0.0677 e. The molecule has 1 atom stereocenters. The third-order valence-electron chi connectivity index (χ3n) is 4.52. The van der Waals surface area contributed by atoms with Crippen molar-refractivity contribution in [2.24, 2.45) is 5.92 Å². The van der Waals surface area contributed by atoms with Gasteiger partial charge in [-0.05, 0) is 38.6 Å². The van der Waals surface area contributed by atoms with Crippen molar-refractivity contribution in [2.75, 3.05) is 20.3 Å². The second-order valence-corrected chi connectivity index (χ2v) is 5.76. The Morgan fingerprint density at radius 3 is 2.24 bits per heavy atom. The fourth-order valence-electron chi connectivity index (χ4n) is 2.96. The molecule has 2 rings (SSSR count). The average molecular weight is 241 g/mol. The Hall–Kier alpha value is -0.120. The molecule has 2 saturated carbocycles. The average Bonchev–Trinajstić information content (AvgIpc) is 3.18. The minimum Gasteiger partial charge on any atom is -0.394 e. The van der Waals surface area contributed by atoms with Gasteiger partial charge in [0, 0.05) is 0 Å². The lowest BCUT2D eigenvalue weighted by atomic mass is 9.95. The van der Waals surface area contributed by atoms with E-state index in [0.29, 0.717) is 18.6 Å². The van der Waals surface area contributed by atoms with Gasteiger partial charge in [-0.1, -0.05) is 25.7 Å². The molecule has 2 aliphatic rings. The number of likely N-dealkylation sites (N-methyl/N-ethyl adjacent to an activating group) is 1. The van der Waals surface area contributed by atoms with E-state index in [9.17, 15) is 5.11 Å². The highest BCUT2D eigenvalue weighted by atomic mass is 16.5. The van der Waals surface area contributed by atoms with Crippen LogP contribution >= 0.6 is 0 Å². The van der Waals surface area contributed by atoms with Gasteiger partial charge < -0.3 is 15.2 Å². The van der Waals surface area contributed by atoms with Crippen molar-refractivity contribution in [3.63, 3.8) is 0 Å². The fourth-order valence-corrected chi connectivity index (χ4v) is 2.96. The molecular weight excluding hydrogens is 214 g/mol. The molecule has 17 heavy (non-hydrogen) atoms. The van der Waals surface area contributed by atoms with E-state index in [2.05, 4.69) is 5.32 Å². The van der Waals surface area contributed by atoms with E-state index < -0.39 is 0 Å². The molecule has 100 valence electrons. The molecule has 0 aromatic heterocycles. The Bertz CT molecular complexity index is 216. The van der Waals surface area contributed by atoms with E-state index in [1.165, 1.54) is 51.4 Å². The number of aliphatic hydroxyl groups is 1. The van der Waals surface area contributed by atoms with Crippen LogP contribution in [-0.4, -0.2) is 37.0 Å². The van der Waals surface area contributed by atoms with E-state index in [1.807, 2.05) is 7.05 Å². The van der Waals surface area contributed by atoms with Crippen molar-refractivity contribution in [3.05, 3.63) is 0 Å². The fraction of sp³-hybridized carbons (Fsp3) is 1.00. The summed E-state index contributed by atoms with van der Waals surface area (Å²) in [4.78, 5) is 0. The Labute approximate surface area is 105 Å². The summed E-state index contributed by atoms with van der Waals surface area (Å²) >= 11 is 0. The lowest BCUT2D eigenvalue weighted by Gasteiger charge is -2.33. The van der Waals surface area contributed by atoms with E-state index in [4.69, 9.17) is 4.74 Å². The third kappa shape index (κ3) is 3.43. The molecule has 0 spiro atoms. The molecule has 0 aromatic carbocycles. The van der Waals surface area contributed by atoms with Crippen LogP contribution in [0.5, 0.6) is 0 Å². The first kappa shape index (κ1) is 13.3. The summed E-state index contributed by atoms with van der Waals surface area (Å²) in [5.41, 5.74) is -0.174. The number of hydrogen-bond acceptors (Lipinski definition) is 3. The lowest BCUT2D eigenvalue weighted by Crippen LogP contribution is -2.53. The van der Waals surface area contributed by atoms with Crippen LogP contribution in [-0.2, 0) is 4.74 Å². The van der Waals surface area contributed by atoms with Gasteiger partial charge in [0.25, 0.3) is 0 Å². The molecule has 2 fully saturated rings. The zero-order valence-electron chi connectivity index (χ0n) is 11.1. The molecule has 2 aliphatic carbocycles. The van der Waals surface area contributed by atoms with Crippen LogP contribution < -0.4 is 5.32 Å². The summed E-state index contributed by atoms with van der Waals surface area (Å²) < 4.78 is 6.09. The van der Waals surface area contributed by atoms with Crippen molar-refractivity contribution in [1.82, 2.24) is 5.32 Å². The second kappa shape index (κ2) is 6.17. The number of aliphatic hydroxyl groups excluding tert-OH is 1. The van der Waals surface area contributed by atoms with E-state index >= 15 is 0 Å². The first-order chi connectivity index (χ1) is 8.30. The molecule has 3 nitrogen and oxygen atoms in total. The minimum absolute atomic E-state index is 0.174. The molecule has 0 aliphatic heterocycles. The Morgan fingerprint density at radius 2 is 1.76 bits per heavy atom. The van der Waals surface area contributed by atoms with Crippen LogP contribution in [0.4, 0.5) is 0 Å². The van der Waals surface area contributed by atoms with Crippen LogP contribution in [0.1, 0.15) is 51.4 Å². The zero-order valence-corrected chi connectivity index (χ0v) is 11.1. The van der Waals surface area contributed by atoms with Crippen molar-refractivity contribution in [3.8, 4) is 0 Å². The first-order valence-electron chi connectivity index (χ1n) is 7.22. The molecule has 3 heteroatoms. The van der Waals surface area contributed by atoms with Gasteiger partial charge in [-0.3, -0.25) is 0 Å². The first-order valence-corrected chi connectivity index (χ1v) is 7.22. The predicted octanol–water partition coefficient (Wildman–Crippen LogP) is 2.09. The molecule has 1 unspecified atom stereocenters. The summed E-state index contributed by atoms with van der Waals surface area (Å²) in [5, 5.41) is 12.9.